The second-order valence-corrected chi connectivity index (χ2v) is 10.2. The van der Waals surface area contributed by atoms with E-state index in [4.69, 9.17) is 0 Å². The van der Waals surface area contributed by atoms with Crippen molar-refractivity contribution in [3.8, 4) is 0 Å². The van der Waals surface area contributed by atoms with E-state index in [1.807, 2.05) is 11.0 Å². The number of nitrogens with zero attached hydrogens (tertiary/aromatic N) is 4. The summed E-state index contributed by atoms with van der Waals surface area (Å²) < 4.78 is 1.30. The molecule has 3 fully saturated rings. The topological polar surface area (TPSA) is 87.5 Å². The second-order valence-electron chi connectivity index (χ2n) is 10.2. The number of para-hydroxylation sites is 1. The van der Waals surface area contributed by atoms with Gasteiger partial charge in [0.1, 0.15) is 6.54 Å². The van der Waals surface area contributed by atoms with Crippen LogP contribution in [0.4, 0.5) is 0 Å². The lowest BCUT2D eigenvalue weighted by molar-refractivity contribution is -0.134. The molecule has 2 saturated heterocycles. The number of carbonyl (C=O) groups is 2. The summed E-state index contributed by atoms with van der Waals surface area (Å²) in [5.41, 5.74) is 0.353. The van der Waals surface area contributed by atoms with Crippen LogP contribution in [-0.4, -0.2) is 69.9 Å². The van der Waals surface area contributed by atoms with E-state index in [-0.39, 0.29) is 30.5 Å². The highest BCUT2D eigenvalue weighted by atomic mass is 16.2. The van der Waals surface area contributed by atoms with E-state index in [0.29, 0.717) is 28.8 Å². The number of nitrogens with one attached hydrogen (secondary N) is 1. The van der Waals surface area contributed by atoms with Crippen LogP contribution >= 0.6 is 0 Å². The number of fused-ring (bicyclic) bond motifs is 2. The minimum Gasteiger partial charge on any atom is -0.345 e. The summed E-state index contributed by atoms with van der Waals surface area (Å²) in [4.78, 5) is 47.3. The van der Waals surface area contributed by atoms with Gasteiger partial charge in [-0.15, -0.1) is 0 Å². The highest BCUT2D eigenvalue weighted by Crippen LogP contribution is 2.34. The average Bonchev–Trinajstić information content (AvgIpc) is 3.68. The monoisotopic (exact) mass is 465 g/mol. The molecule has 2 amide bonds. The Labute approximate surface area is 200 Å². The van der Waals surface area contributed by atoms with Gasteiger partial charge in [-0.25, -0.2) is 4.98 Å². The zero-order chi connectivity index (χ0) is 23.5. The average molecular weight is 466 g/mol. The van der Waals surface area contributed by atoms with Crippen LogP contribution in [0.25, 0.3) is 10.9 Å². The third kappa shape index (κ3) is 5.32. The van der Waals surface area contributed by atoms with Crippen molar-refractivity contribution in [2.75, 3.05) is 32.7 Å². The van der Waals surface area contributed by atoms with Gasteiger partial charge >= 0.3 is 0 Å². The van der Waals surface area contributed by atoms with Gasteiger partial charge in [0.15, 0.2) is 0 Å². The van der Waals surface area contributed by atoms with E-state index in [2.05, 4.69) is 15.2 Å². The molecular formula is C26H35N5O3. The number of benzene rings is 1. The molecule has 3 aliphatic rings. The molecule has 1 aromatic carbocycles. The Bertz CT molecular complexity index is 1090. The number of hydrogen-bond acceptors (Lipinski definition) is 5. The van der Waals surface area contributed by atoms with Crippen molar-refractivity contribution >= 4 is 22.7 Å². The normalized spacial score (nSPS) is 22.8. The number of piperidine rings is 2. The van der Waals surface area contributed by atoms with E-state index in [9.17, 15) is 14.4 Å². The predicted molar refractivity (Wildman–Crippen MR) is 130 cm³/mol. The third-order valence-electron chi connectivity index (χ3n) is 7.69. The Morgan fingerprint density at radius 1 is 1.03 bits per heavy atom. The quantitative estimate of drug-likeness (QED) is 0.645. The van der Waals surface area contributed by atoms with E-state index >= 15 is 0 Å². The molecular weight excluding hydrogens is 430 g/mol. The van der Waals surface area contributed by atoms with Crippen molar-refractivity contribution in [2.24, 2.45) is 11.8 Å². The lowest BCUT2D eigenvalue weighted by atomic mass is 9.83. The first-order chi connectivity index (χ1) is 16.6. The van der Waals surface area contributed by atoms with Gasteiger partial charge in [-0.05, 0) is 75.6 Å². The summed E-state index contributed by atoms with van der Waals surface area (Å²) in [5.74, 6) is 0.759. The SMILES string of the molecule is O=C(Cn1cnc2ccccc2c1=O)NCC(=O)N(CC1CC1)CC1CCCN2CCCCC12. The Morgan fingerprint density at radius 3 is 2.71 bits per heavy atom. The lowest BCUT2D eigenvalue weighted by Crippen LogP contribution is -2.52. The molecule has 2 unspecified atom stereocenters. The summed E-state index contributed by atoms with van der Waals surface area (Å²) in [7, 11) is 0. The first kappa shape index (κ1) is 23.0. The third-order valence-corrected chi connectivity index (χ3v) is 7.69. The molecule has 0 radical (unpaired) electrons. The van der Waals surface area contributed by atoms with E-state index in [1.54, 1.807) is 18.2 Å². The highest BCUT2D eigenvalue weighted by molar-refractivity contribution is 5.85. The number of aromatic nitrogens is 2. The highest BCUT2D eigenvalue weighted by Gasteiger charge is 2.36. The Hall–Kier alpha value is -2.74. The molecule has 1 aromatic heterocycles. The van der Waals surface area contributed by atoms with Gasteiger partial charge in [0.2, 0.25) is 11.8 Å². The fourth-order valence-electron chi connectivity index (χ4n) is 5.68. The minimum atomic E-state index is -0.352. The summed E-state index contributed by atoms with van der Waals surface area (Å²) in [6, 6.07) is 7.68. The fourth-order valence-corrected chi connectivity index (χ4v) is 5.68. The Kier molecular flexibility index (Phi) is 6.94. The summed E-state index contributed by atoms with van der Waals surface area (Å²) in [6.07, 6.45) is 9.97. The number of carbonyl (C=O) groups excluding carboxylic acids is 2. The van der Waals surface area contributed by atoms with E-state index < -0.39 is 0 Å². The molecule has 0 spiro atoms. The standard InChI is InChI=1S/C26H35N5O3/c32-24(17-31-18-28-22-8-2-1-7-21(22)26(31)34)27-14-25(33)30(15-19-10-11-19)16-20-6-5-13-29-12-4-3-9-23(20)29/h1-2,7-8,18-20,23H,3-6,9-17H2,(H,27,32). The molecule has 182 valence electrons. The van der Waals surface area contributed by atoms with Gasteiger partial charge in [-0.1, -0.05) is 18.6 Å². The number of rotatable bonds is 8. The van der Waals surface area contributed by atoms with Crippen molar-refractivity contribution in [2.45, 2.75) is 57.5 Å². The van der Waals surface area contributed by atoms with Gasteiger partial charge in [-0.3, -0.25) is 19.0 Å². The van der Waals surface area contributed by atoms with Crippen LogP contribution in [-0.2, 0) is 16.1 Å². The number of amides is 2. The van der Waals surface area contributed by atoms with Crippen LogP contribution in [0.15, 0.2) is 35.4 Å². The van der Waals surface area contributed by atoms with Crippen LogP contribution in [0.2, 0.25) is 0 Å². The summed E-state index contributed by atoms with van der Waals surface area (Å²) >= 11 is 0. The molecule has 0 bridgehead atoms. The molecule has 1 saturated carbocycles. The zero-order valence-electron chi connectivity index (χ0n) is 19.8. The van der Waals surface area contributed by atoms with Crippen molar-refractivity contribution in [1.82, 2.24) is 24.7 Å². The molecule has 3 heterocycles. The maximum Gasteiger partial charge on any atom is 0.261 e. The molecule has 5 rings (SSSR count). The van der Waals surface area contributed by atoms with Gasteiger partial charge < -0.3 is 15.1 Å². The van der Waals surface area contributed by atoms with E-state index in [0.717, 1.165) is 13.1 Å². The van der Waals surface area contributed by atoms with Crippen molar-refractivity contribution in [3.63, 3.8) is 0 Å². The second kappa shape index (κ2) is 10.3. The van der Waals surface area contributed by atoms with E-state index in [1.165, 1.54) is 68.9 Å². The lowest BCUT2D eigenvalue weighted by Gasteiger charge is -2.45. The molecule has 2 atom stereocenters. The molecule has 1 aliphatic carbocycles. The molecule has 34 heavy (non-hydrogen) atoms. The predicted octanol–water partition coefficient (Wildman–Crippen LogP) is 2.02. The first-order valence-electron chi connectivity index (χ1n) is 12.8. The van der Waals surface area contributed by atoms with Gasteiger partial charge in [0.25, 0.3) is 5.56 Å². The van der Waals surface area contributed by atoms with Crippen molar-refractivity contribution < 1.29 is 9.59 Å². The molecule has 2 aliphatic heterocycles. The molecule has 8 heteroatoms. The summed E-state index contributed by atoms with van der Waals surface area (Å²) in [6.45, 7) is 3.80. The van der Waals surface area contributed by atoms with Gasteiger partial charge in [-0.2, -0.15) is 0 Å². The maximum absolute atomic E-state index is 13.2. The minimum absolute atomic E-state index is 0.0165. The molecule has 8 nitrogen and oxygen atoms in total. The molecule has 1 N–H and O–H groups in total. The summed E-state index contributed by atoms with van der Waals surface area (Å²) in [5, 5.41) is 3.23. The van der Waals surface area contributed by atoms with Crippen LogP contribution in [0.3, 0.4) is 0 Å². The zero-order valence-corrected chi connectivity index (χ0v) is 19.8. The van der Waals surface area contributed by atoms with Crippen molar-refractivity contribution in [1.29, 1.82) is 0 Å². The van der Waals surface area contributed by atoms with Crippen LogP contribution in [0.5, 0.6) is 0 Å². The van der Waals surface area contributed by atoms with Crippen LogP contribution < -0.4 is 10.9 Å². The van der Waals surface area contributed by atoms with Gasteiger partial charge in [0, 0.05) is 19.1 Å². The Morgan fingerprint density at radius 2 is 1.85 bits per heavy atom. The maximum atomic E-state index is 13.2. The van der Waals surface area contributed by atoms with Crippen molar-refractivity contribution in [3.05, 3.63) is 40.9 Å². The largest absolute Gasteiger partial charge is 0.345 e. The van der Waals surface area contributed by atoms with Crippen LogP contribution in [0.1, 0.15) is 44.9 Å². The van der Waals surface area contributed by atoms with Crippen LogP contribution in [0, 0.1) is 11.8 Å². The molecule has 2 aromatic rings. The smallest absolute Gasteiger partial charge is 0.261 e. The fraction of sp³-hybridized carbons (Fsp3) is 0.615. The van der Waals surface area contributed by atoms with Gasteiger partial charge in [0.05, 0.1) is 23.8 Å². The first-order valence-corrected chi connectivity index (χ1v) is 12.8. The Balaban J connectivity index is 1.19. The number of hydrogen-bond donors (Lipinski definition) is 1.